The quantitative estimate of drug-likeness (QED) is 0.0991. The van der Waals surface area contributed by atoms with Gasteiger partial charge in [-0.3, -0.25) is 0 Å². The summed E-state index contributed by atoms with van der Waals surface area (Å²) in [5.41, 5.74) is 0. The second-order valence-corrected chi connectivity index (χ2v) is 11.5. The highest BCUT2D eigenvalue weighted by molar-refractivity contribution is 7.99. The first-order chi connectivity index (χ1) is 16.0. The Morgan fingerprint density at radius 2 is 1.42 bits per heavy atom. The maximum atomic E-state index is 11.8. The van der Waals surface area contributed by atoms with Crippen LogP contribution in [0.25, 0.3) is 0 Å². The minimum Gasteiger partial charge on any atom is -0.476 e. The van der Waals surface area contributed by atoms with Gasteiger partial charge < -0.3 is 14.6 Å². The number of carbonyl (C=O) groups is 1. The molecule has 0 aromatic rings. The Morgan fingerprint density at radius 1 is 0.879 bits per heavy atom. The molecule has 5 nitrogen and oxygen atoms in total. The van der Waals surface area contributed by atoms with Crippen LogP contribution in [0.3, 0.4) is 0 Å². The summed E-state index contributed by atoms with van der Waals surface area (Å²) in [4.78, 5) is 11.8. The maximum absolute atomic E-state index is 11.8. The van der Waals surface area contributed by atoms with Crippen LogP contribution in [0.4, 0.5) is 0 Å². The van der Waals surface area contributed by atoms with E-state index in [9.17, 15) is 14.5 Å². The van der Waals surface area contributed by atoms with Gasteiger partial charge in [-0.05, 0) is 31.9 Å². The van der Waals surface area contributed by atoms with Crippen LogP contribution in [0.2, 0.25) is 0 Å². The first-order valence-corrected chi connectivity index (χ1v) is 15.4. The molecular weight excluding hydrogens is 455 g/mol. The summed E-state index contributed by atoms with van der Waals surface area (Å²) in [5, 5.41) is 8.19. The van der Waals surface area contributed by atoms with Gasteiger partial charge in [0.25, 0.3) is 0 Å². The lowest BCUT2D eigenvalue weighted by atomic mass is 10.1. The summed E-state index contributed by atoms with van der Waals surface area (Å²) < 4.78 is 23.2. The van der Waals surface area contributed by atoms with Gasteiger partial charge in [-0.15, -0.1) is 0 Å². The van der Waals surface area contributed by atoms with Gasteiger partial charge in [0.15, 0.2) is 0 Å². The number of unbranched alkanes of at least 4 members (excludes halogenated alkanes) is 11. The zero-order valence-corrected chi connectivity index (χ0v) is 23.7. The summed E-state index contributed by atoms with van der Waals surface area (Å²) >= 11 is 1.96. The van der Waals surface area contributed by atoms with Crippen LogP contribution in [0.1, 0.15) is 124 Å². The summed E-state index contributed by atoms with van der Waals surface area (Å²) in [6, 6.07) is 0. The minimum atomic E-state index is -1.75. The van der Waals surface area contributed by atoms with Gasteiger partial charge in [-0.2, -0.15) is 11.8 Å². The molecule has 0 radical (unpaired) electrons. The fourth-order valence-electron chi connectivity index (χ4n) is 3.77. The lowest BCUT2D eigenvalue weighted by molar-refractivity contribution is -0.162. The van der Waals surface area contributed by atoms with Crippen molar-refractivity contribution in [3.05, 3.63) is 0 Å². The van der Waals surface area contributed by atoms with Crippen molar-refractivity contribution in [1.82, 2.24) is 0 Å². The van der Waals surface area contributed by atoms with Crippen molar-refractivity contribution in [3.8, 4) is 0 Å². The van der Waals surface area contributed by atoms with Crippen molar-refractivity contribution in [1.29, 1.82) is 0 Å². The molecule has 0 aromatic heterocycles. The fraction of sp³-hybridized carbons (Fsp3) is 0.962. The van der Waals surface area contributed by atoms with Crippen molar-refractivity contribution < 1.29 is 23.9 Å². The average Bonchev–Trinajstić information content (AvgIpc) is 2.81. The largest absolute Gasteiger partial charge is 0.476 e. The third-order valence-electron chi connectivity index (χ3n) is 6.06. The Balaban J connectivity index is 4.61. The topological polar surface area (TPSA) is 72.8 Å². The average molecular weight is 508 g/mol. The number of carboxylic acids is 1. The van der Waals surface area contributed by atoms with E-state index in [0.29, 0.717) is 11.7 Å². The number of carboxylic acid groups (broad SMARTS) is 1. The molecule has 0 amide bonds. The Hall–Kier alpha value is -0.160. The molecule has 0 rings (SSSR count). The molecular formula is C26H52O5PS+. The zero-order chi connectivity index (χ0) is 24.8. The molecule has 4 atom stereocenters. The number of aliphatic carboxylic acids is 1. The van der Waals surface area contributed by atoms with Crippen molar-refractivity contribution in [2.45, 2.75) is 141 Å². The molecule has 4 unspecified atom stereocenters. The molecule has 0 saturated carbocycles. The number of rotatable bonds is 25. The molecule has 0 fully saturated rings. The van der Waals surface area contributed by atoms with E-state index in [0.717, 1.165) is 12.2 Å². The molecule has 0 aromatic carbocycles. The highest BCUT2D eigenvalue weighted by atomic mass is 32.2. The van der Waals surface area contributed by atoms with Gasteiger partial charge in [0.2, 0.25) is 0 Å². The summed E-state index contributed by atoms with van der Waals surface area (Å²) in [6.45, 7) is 8.50. The summed E-state index contributed by atoms with van der Waals surface area (Å²) in [5.74, 6) is -0.0960. The van der Waals surface area contributed by atoms with Gasteiger partial charge in [0.05, 0.1) is 12.7 Å². The molecule has 33 heavy (non-hydrogen) atoms. The molecule has 0 spiro atoms. The molecule has 0 aliphatic rings. The van der Waals surface area contributed by atoms with Gasteiger partial charge in [0, 0.05) is 5.25 Å². The molecule has 0 aliphatic carbocycles. The lowest BCUT2D eigenvalue weighted by Gasteiger charge is -2.26. The predicted molar refractivity (Wildman–Crippen MR) is 143 cm³/mol. The highest BCUT2D eigenvalue weighted by Crippen LogP contribution is 2.30. The normalized spacial score (nSPS) is 15.4. The first kappa shape index (κ1) is 32.8. The molecule has 0 saturated heterocycles. The van der Waals surface area contributed by atoms with Crippen LogP contribution in [0, 0.1) is 0 Å². The van der Waals surface area contributed by atoms with Crippen molar-refractivity contribution in [2.24, 2.45) is 0 Å². The van der Waals surface area contributed by atoms with Crippen LogP contribution in [-0.2, 0) is 18.8 Å². The van der Waals surface area contributed by atoms with E-state index in [1.54, 1.807) is 0 Å². The second kappa shape index (κ2) is 22.3. The molecule has 0 bridgehead atoms. The van der Waals surface area contributed by atoms with Gasteiger partial charge in [-0.25, -0.2) is 4.79 Å². The number of hydrogen-bond donors (Lipinski definition) is 1. The second-order valence-electron chi connectivity index (χ2n) is 9.19. The predicted octanol–water partition coefficient (Wildman–Crippen LogP) is 8.23. The Kier molecular flexibility index (Phi) is 22.2. The molecule has 196 valence electrons. The van der Waals surface area contributed by atoms with E-state index >= 15 is 0 Å². The Labute approximate surface area is 209 Å². The van der Waals surface area contributed by atoms with E-state index in [4.69, 9.17) is 9.47 Å². The van der Waals surface area contributed by atoms with E-state index < -0.39 is 19.8 Å². The van der Waals surface area contributed by atoms with Crippen LogP contribution in [0.15, 0.2) is 0 Å². The Morgan fingerprint density at radius 3 is 1.94 bits per heavy atom. The summed E-state index contributed by atoms with van der Waals surface area (Å²) in [6.07, 6.45) is 18.4. The number of hydrogen-bond acceptors (Lipinski definition) is 5. The standard InChI is InChI=1S/C26H51O5PS/c1-5-8-10-12-13-14-16-18-21-33-24(19-17-15-11-9-6-2)23(4)30-22-26(32-29,25(27)28)31-20-7-3/h23-24H,5-22H2,1-4H3,(H,27,28)/p+1. The first-order valence-electron chi connectivity index (χ1n) is 13.5. The Bertz CT molecular complexity index is 480. The highest BCUT2D eigenvalue weighted by Gasteiger charge is 2.50. The van der Waals surface area contributed by atoms with E-state index in [1.807, 2.05) is 25.6 Å². The smallest absolute Gasteiger partial charge is 0.390 e. The van der Waals surface area contributed by atoms with Gasteiger partial charge in [0.1, 0.15) is 6.61 Å². The van der Waals surface area contributed by atoms with E-state index in [1.165, 1.54) is 83.5 Å². The zero-order valence-electron chi connectivity index (χ0n) is 21.9. The van der Waals surface area contributed by atoms with Crippen LogP contribution < -0.4 is 0 Å². The van der Waals surface area contributed by atoms with E-state index in [-0.39, 0.29) is 19.3 Å². The monoisotopic (exact) mass is 507 g/mol. The maximum Gasteiger partial charge on any atom is 0.390 e. The summed E-state index contributed by atoms with van der Waals surface area (Å²) in [7, 11) is -1.10. The van der Waals surface area contributed by atoms with Crippen molar-refractivity contribution >= 4 is 26.2 Å². The minimum absolute atomic E-state index is 0.101. The van der Waals surface area contributed by atoms with Crippen molar-refractivity contribution in [3.63, 3.8) is 0 Å². The molecule has 1 N–H and O–H groups in total. The molecule has 0 aliphatic heterocycles. The molecule has 7 heteroatoms. The van der Waals surface area contributed by atoms with E-state index in [2.05, 4.69) is 13.8 Å². The van der Waals surface area contributed by atoms with Crippen LogP contribution in [0.5, 0.6) is 0 Å². The van der Waals surface area contributed by atoms with Crippen LogP contribution in [-0.4, -0.2) is 46.7 Å². The van der Waals surface area contributed by atoms with Gasteiger partial charge >= 0.3 is 19.8 Å². The number of ether oxygens (including phenoxy) is 2. The fourth-order valence-corrected chi connectivity index (χ4v) is 5.52. The lowest BCUT2D eigenvalue weighted by Crippen LogP contribution is -2.43. The third-order valence-corrected chi connectivity index (χ3v) is 8.46. The van der Waals surface area contributed by atoms with Crippen LogP contribution >= 0.6 is 20.2 Å². The van der Waals surface area contributed by atoms with Gasteiger partial charge in [-0.1, -0.05) is 102 Å². The number of thioether (sulfide) groups is 1. The van der Waals surface area contributed by atoms with Crippen molar-refractivity contribution in [2.75, 3.05) is 19.0 Å². The third kappa shape index (κ3) is 16.2. The SMILES string of the molecule is CCCCCCCCCCSC(CCCCCCC)C(C)OCC(OCCC)([PH+]=O)C(=O)O. The molecule has 0 heterocycles.